The van der Waals surface area contributed by atoms with E-state index in [1.165, 1.54) is 12.8 Å². The number of anilines is 1. The summed E-state index contributed by atoms with van der Waals surface area (Å²) in [5, 5.41) is 3.81. The van der Waals surface area contributed by atoms with Gasteiger partial charge in [-0.1, -0.05) is 48.7 Å². The molecule has 1 N–H and O–H groups in total. The number of benzene rings is 1. The van der Waals surface area contributed by atoms with Crippen LogP contribution in [0.2, 0.25) is 0 Å². The van der Waals surface area contributed by atoms with Gasteiger partial charge >= 0.3 is 5.76 Å². The molecule has 1 aromatic carbocycles. The van der Waals surface area contributed by atoms with E-state index in [0.29, 0.717) is 43.0 Å². The molecule has 10 nitrogen and oxygen atoms in total. The second-order valence-electron chi connectivity index (χ2n) is 10.6. The summed E-state index contributed by atoms with van der Waals surface area (Å²) in [5.41, 5.74) is 3.94. The summed E-state index contributed by atoms with van der Waals surface area (Å²) in [5.74, 6) is 1.56. The van der Waals surface area contributed by atoms with Gasteiger partial charge < -0.3 is 14.2 Å². The SMILES string of the molecule is Cc1cccc(-c2nc(-c3noc(=O)[nH]3)nc3nc(N4CCOC[C@H]4CF)n(CC4CCC(C)CC4)c23)c1. The Balaban J connectivity index is 1.58. The van der Waals surface area contributed by atoms with Crippen LogP contribution in [0.25, 0.3) is 34.1 Å². The van der Waals surface area contributed by atoms with Crippen molar-refractivity contribution in [2.75, 3.05) is 31.3 Å². The van der Waals surface area contributed by atoms with Crippen molar-refractivity contribution in [2.45, 2.75) is 52.1 Å². The molecule has 1 saturated carbocycles. The molecule has 4 heterocycles. The lowest BCUT2D eigenvalue weighted by Gasteiger charge is -2.36. The van der Waals surface area contributed by atoms with E-state index >= 15 is 0 Å². The third-order valence-electron chi connectivity index (χ3n) is 7.77. The van der Waals surface area contributed by atoms with Gasteiger partial charge in [0.25, 0.3) is 0 Å². The zero-order valence-corrected chi connectivity index (χ0v) is 21.7. The van der Waals surface area contributed by atoms with Crippen LogP contribution < -0.4 is 10.7 Å². The smallest absolute Gasteiger partial charge is 0.377 e. The Morgan fingerprint density at radius 1 is 1.16 bits per heavy atom. The van der Waals surface area contributed by atoms with E-state index < -0.39 is 18.5 Å². The number of H-pyrrole nitrogens is 1. The number of aryl methyl sites for hydroxylation is 1. The van der Waals surface area contributed by atoms with Crippen LogP contribution in [0, 0.1) is 18.8 Å². The number of ether oxygens (including phenoxy) is 1. The summed E-state index contributed by atoms with van der Waals surface area (Å²) in [6.07, 6.45) is 4.66. The number of aromatic amines is 1. The molecule has 0 spiro atoms. The molecule has 0 bridgehead atoms. The molecule has 38 heavy (non-hydrogen) atoms. The van der Waals surface area contributed by atoms with Crippen LogP contribution in [0.15, 0.2) is 33.6 Å². The van der Waals surface area contributed by atoms with Gasteiger partial charge in [0.1, 0.15) is 17.9 Å². The average Bonchev–Trinajstić information content (AvgIpc) is 3.53. The maximum Gasteiger partial charge on any atom is 0.439 e. The van der Waals surface area contributed by atoms with Crippen molar-refractivity contribution in [3.8, 4) is 22.9 Å². The lowest BCUT2D eigenvalue weighted by atomic mass is 9.83. The normalized spacial score (nSPS) is 22.3. The van der Waals surface area contributed by atoms with Crippen molar-refractivity contribution >= 4 is 17.1 Å². The van der Waals surface area contributed by atoms with Crippen molar-refractivity contribution in [1.82, 2.24) is 29.7 Å². The highest BCUT2D eigenvalue weighted by Crippen LogP contribution is 2.36. The quantitative estimate of drug-likeness (QED) is 0.403. The summed E-state index contributed by atoms with van der Waals surface area (Å²) in [4.78, 5) is 30.8. The van der Waals surface area contributed by atoms with Gasteiger partial charge in [0.2, 0.25) is 17.6 Å². The first kappa shape index (κ1) is 24.7. The maximum absolute atomic E-state index is 14.1. The lowest BCUT2D eigenvalue weighted by molar-refractivity contribution is 0.0846. The van der Waals surface area contributed by atoms with E-state index in [1.54, 1.807) is 0 Å². The zero-order valence-electron chi connectivity index (χ0n) is 21.7. The fraction of sp³-hybridized carbons (Fsp3) is 0.519. The molecule has 0 unspecified atom stereocenters. The summed E-state index contributed by atoms with van der Waals surface area (Å²) >= 11 is 0. The molecule has 1 atom stereocenters. The predicted molar refractivity (Wildman–Crippen MR) is 141 cm³/mol. The van der Waals surface area contributed by atoms with Crippen molar-refractivity contribution in [3.05, 3.63) is 40.4 Å². The summed E-state index contributed by atoms with van der Waals surface area (Å²) in [7, 11) is 0. The van der Waals surface area contributed by atoms with Crippen LogP contribution in [0.3, 0.4) is 0 Å². The van der Waals surface area contributed by atoms with Crippen LogP contribution in [0.5, 0.6) is 0 Å². The molecular formula is C27H32FN7O3. The number of rotatable bonds is 6. The summed E-state index contributed by atoms with van der Waals surface area (Å²) in [6, 6.07) is 7.66. The van der Waals surface area contributed by atoms with E-state index in [-0.39, 0.29) is 11.6 Å². The molecule has 1 saturated heterocycles. The molecule has 6 rings (SSSR count). The van der Waals surface area contributed by atoms with Gasteiger partial charge in [-0.15, -0.1) is 0 Å². The minimum absolute atomic E-state index is 0.135. The molecule has 0 radical (unpaired) electrons. The van der Waals surface area contributed by atoms with Gasteiger partial charge in [0.15, 0.2) is 5.65 Å². The van der Waals surface area contributed by atoms with Gasteiger partial charge in [0, 0.05) is 18.7 Å². The van der Waals surface area contributed by atoms with Crippen LogP contribution in [-0.4, -0.2) is 62.1 Å². The number of fused-ring (bicyclic) bond motifs is 1. The van der Waals surface area contributed by atoms with Gasteiger partial charge in [0.05, 0.1) is 19.3 Å². The van der Waals surface area contributed by atoms with Crippen molar-refractivity contribution in [1.29, 1.82) is 0 Å². The highest BCUT2D eigenvalue weighted by Gasteiger charge is 2.31. The second kappa shape index (κ2) is 10.3. The van der Waals surface area contributed by atoms with Crippen molar-refractivity contribution < 1.29 is 13.7 Å². The summed E-state index contributed by atoms with van der Waals surface area (Å²) in [6.45, 7) is 5.90. The van der Waals surface area contributed by atoms with Crippen LogP contribution in [-0.2, 0) is 11.3 Å². The van der Waals surface area contributed by atoms with Crippen LogP contribution >= 0.6 is 0 Å². The fourth-order valence-electron chi connectivity index (χ4n) is 5.66. The Morgan fingerprint density at radius 2 is 2.00 bits per heavy atom. The molecule has 3 aromatic heterocycles. The summed E-state index contributed by atoms with van der Waals surface area (Å²) < 4.78 is 26.6. The van der Waals surface area contributed by atoms with E-state index in [4.69, 9.17) is 24.2 Å². The highest BCUT2D eigenvalue weighted by atomic mass is 19.1. The number of halogens is 1. The van der Waals surface area contributed by atoms with Crippen LogP contribution in [0.1, 0.15) is 38.2 Å². The number of nitrogens with zero attached hydrogens (tertiary/aromatic N) is 6. The first-order valence-electron chi connectivity index (χ1n) is 13.3. The first-order chi connectivity index (χ1) is 18.5. The van der Waals surface area contributed by atoms with Crippen molar-refractivity contribution in [3.63, 3.8) is 0 Å². The van der Waals surface area contributed by atoms with E-state index in [1.807, 2.05) is 30.0 Å². The van der Waals surface area contributed by atoms with Gasteiger partial charge in [-0.05, 0) is 37.7 Å². The molecule has 0 amide bonds. The highest BCUT2D eigenvalue weighted by molar-refractivity contribution is 5.91. The molecule has 1 aliphatic heterocycles. The number of hydrogen-bond acceptors (Lipinski definition) is 8. The number of aromatic nitrogens is 6. The predicted octanol–water partition coefficient (Wildman–Crippen LogP) is 4.15. The Kier molecular flexibility index (Phi) is 6.69. The van der Waals surface area contributed by atoms with Gasteiger partial charge in [-0.2, -0.15) is 4.98 Å². The van der Waals surface area contributed by atoms with E-state index in [2.05, 4.69) is 27.7 Å². The minimum atomic E-state index is -0.683. The number of nitrogens with one attached hydrogen (secondary N) is 1. The van der Waals surface area contributed by atoms with Crippen molar-refractivity contribution in [2.24, 2.45) is 11.8 Å². The zero-order chi connectivity index (χ0) is 26.2. The average molecular weight is 522 g/mol. The molecule has 1 aliphatic carbocycles. The number of alkyl halides is 1. The first-order valence-corrected chi connectivity index (χ1v) is 13.3. The van der Waals surface area contributed by atoms with Gasteiger partial charge in [-0.3, -0.25) is 9.51 Å². The lowest BCUT2D eigenvalue weighted by Crippen LogP contribution is -2.48. The molecule has 11 heteroatoms. The Bertz CT molecular complexity index is 1490. The monoisotopic (exact) mass is 521 g/mol. The topological polar surface area (TPSA) is 115 Å². The number of hydrogen-bond donors (Lipinski definition) is 1. The second-order valence-corrected chi connectivity index (χ2v) is 10.6. The Hall–Kier alpha value is -3.60. The minimum Gasteiger partial charge on any atom is -0.377 e. The largest absolute Gasteiger partial charge is 0.439 e. The third-order valence-corrected chi connectivity index (χ3v) is 7.77. The Labute approximate surface area is 219 Å². The number of morpholine rings is 1. The van der Waals surface area contributed by atoms with E-state index in [0.717, 1.165) is 41.9 Å². The third kappa shape index (κ3) is 4.70. The Morgan fingerprint density at radius 3 is 2.74 bits per heavy atom. The van der Waals surface area contributed by atoms with Crippen LogP contribution in [0.4, 0.5) is 10.3 Å². The molecular weight excluding hydrogens is 489 g/mol. The standard InChI is InChI=1S/C27H32FN7O3/c1-16-6-8-18(9-7-16)14-35-22-21(19-5-3-4-17(2)12-19)29-24(25-32-27(36)38-33-25)30-23(22)31-26(35)34-10-11-37-15-20(34)13-28/h3-5,12,16,18,20H,6-11,13-15H2,1-2H3,(H,32,33,36)/t16?,18?,20-/m1/s1. The number of imidazole rings is 1. The molecule has 2 fully saturated rings. The molecule has 200 valence electrons. The molecule has 4 aromatic rings. The molecule has 2 aliphatic rings. The van der Waals surface area contributed by atoms with Gasteiger partial charge in [-0.25, -0.2) is 19.2 Å². The van der Waals surface area contributed by atoms with E-state index in [9.17, 15) is 9.18 Å². The fourth-order valence-corrected chi connectivity index (χ4v) is 5.66. The maximum atomic E-state index is 14.1.